The molecule has 0 bridgehead atoms. The molecule has 0 fully saturated rings. The highest BCUT2D eigenvalue weighted by molar-refractivity contribution is 14.1. The SMILES string of the molecule is COc1ccc(-c2ccc(C(=O)Nc3ccc4oc(-c5cccc(I)c5)nc4c3)o2)c([N+](=O)[O-])c1. The van der Waals surface area contributed by atoms with Gasteiger partial charge in [-0.1, -0.05) is 6.07 Å². The molecule has 0 saturated carbocycles. The largest absolute Gasteiger partial charge is 0.497 e. The van der Waals surface area contributed by atoms with Crippen LogP contribution in [0.3, 0.4) is 0 Å². The molecule has 0 aliphatic heterocycles. The molecule has 0 radical (unpaired) electrons. The van der Waals surface area contributed by atoms with Crippen LogP contribution in [-0.2, 0) is 0 Å². The quantitative estimate of drug-likeness (QED) is 0.138. The second kappa shape index (κ2) is 9.22. The summed E-state index contributed by atoms with van der Waals surface area (Å²) >= 11 is 2.22. The van der Waals surface area contributed by atoms with E-state index < -0.39 is 10.8 Å². The molecule has 2 aromatic heterocycles. The number of furan rings is 1. The third-order valence-corrected chi connectivity index (χ3v) is 5.88. The Kier molecular flexibility index (Phi) is 5.95. The molecular formula is C25H16IN3O6. The molecule has 2 heterocycles. The molecule has 9 nitrogen and oxygen atoms in total. The first-order chi connectivity index (χ1) is 16.9. The van der Waals surface area contributed by atoms with Gasteiger partial charge in [0.15, 0.2) is 11.3 Å². The lowest BCUT2D eigenvalue weighted by atomic mass is 10.1. The zero-order chi connectivity index (χ0) is 24.5. The number of halogens is 1. The molecule has 1 amide bonds. The monoisotopic (exact) mass is 581 g/mol. The number of anilines is 1. The van der Waals surface area contributed by atoms with Crippen LogP contribution in [-0.4, -0.2) is 22.9 Å². The Hall–Kier alpha value is -4.19. The third-order valence-electron chi connectivity index (χ3n) is 5.21. The number of nitro groups is 1. The zero-order valence-electron chi connectivity index (χ0n) is 18.2. The van der Waals surface area contributed by atoms with E-state index in [1.807, 2.05) is 24.3 Å². The van der Waals surface area contributed by atoms with Gasteiger partial charge in [-0.25, -0.2) is 4.98 Å². The van der Waals surface area contributed by atoms with Crippen LogP contribution in [0.4, 0.5) is 11.4 Å². The van der Waals surface area contributed by atoms with Gasteiger partial charge in [-0.05, 0) is 83.3 Å². The number of hydrogen-bond donors (Lipinski definition) is 1. The fourth-order valence-electron chi connectivity index (χ4n) is 3.55. The van der Waals surface area contributed by atoms with Gasteiger partial charge in [0.25, 0.3) is 11.6 Å². The number of nitro benzene ring substituents is 1. The van der Waals surface area contributed by atoms with E-state index in [-0.39, 0.29) is 22.8 Å². The molecule has 35 heavy (non-hydrogen) atoms. The van der Waals surface area contributed by atoms with E-state index in [2.05, 4.69) is 32.9 Å². The van der Waals surface area contributed by atoms with Crippen LogP contribution in [0.2, 0.25) is 0 Å². The topological polar surface area (TPSA) is 121 Å². The standard InChI is InChI=1S/C25H16IN3O6/c1-33-17-6-7-18(20(13-17)29(31)32)21-9-10-23(34-21)24(30)27-16-5-8-22-19(12-16)28-25(35-22)14-3-2-4-15(26)11-14/h2-13H,1H3,(H,27,30). The van der Waals surface area contributed by atoms with Crippen LogP contribution in [0, 0.1) is 13.7 Å². The molecule has 5 aromatic rings. The molecule has 0 unspecified atom stereocenters. The smallest absolute Gasteiger partial charge is 0.291 e. The van der Waals surface area contributed by atoms with Gasteiger partial charge >= 0.3 is 0 Å². The minimum absolute atomic E-state index is 0.00455. The highest BCUT2D eigenvalue weighted by Gasteiger charge is 2.21. The van der Waals surface area contributed by atoms with Crippen molar-refractivity contribution in [3.05, 3.63) is 92.2 Å². The molecule has 0 spiro atoms. The summed E-state index contributed by atoms with van der Waals surface area (Å²) in [6, 6.07) is 20.3. The second-order valence-corrected chi connectivity index (χ2v) is 8.72. The Morgan fingerprint density at radius 3 is 2.69 bits per heavy atom. The van der Waals surface area contributed by atoms with Crippen LogP contribution >= 0.6 is 22.6 Å². The van der Waals surface area contributed by atoms with Crippen molar-refractivity contribution in [1.82, 2.24) is 4.98 Å². The van der Waals surface area contributed by atoms with E-state index in [9.17, 15) is 14.9 Å². The fourth-order valence-corrected chi connectivity index (χ4v) is 4.09. The highest BCUT2D eigenvalue weighted by atomic mass is 127. The molecular weight excluding hydrogens is 565 g/mol. The minimum Gasteiger partial charge on any atom is -0.497 e. The van der Waals surface area contributed by atoms with E-state index in [0.29, 0.717) is 28.4 Å². The first-order valence-corrected chi connectivity index (χ1v) is 11.4. The third kappa shape index (κ3) is 4.60. The van der Waals surface area contributed by atoms with Crippen molar-refractivity contribution in [2.75, 3.05) is 12.4 Å². The highest BCUT2D eigenvalue weighted by Crippen LogP contribution is 2.34. The second-order valence-electron chi connectivity index (χ2n) is 7.47. The first-order valence-electron chi connectivity index (χ1n) is 10.3. The molecule has 1 N–H and O–H groups in total. The Morgan fingerprint density at radius 1 is 1.06 bits per heavy atom. The number of oxazole rings is 1. The van der Waals surface area contributed by atoms with Crippen molar-refractivity contribution in [2.45, 2.75) is 0 Å². The Bertz CT molecular complexity index is 1590. The van der Waals surface area contributed by atoms with Crippen molar-refractivity contribution in [3.63, 3.8) is 0 Å². The number of nitrogens with one attached hydrogen (secondary N) is 1. The summed E-state index contributed by atoms with van der Waals surface area (Å²) in [5, 5.41) is 14.2. The average Bonchev–Trinajstić information content (AvgIpc) is 3.51. The van der Waals surface area contributed by atoms with Gasteiger partial charge in [0.2, 0.25) is 5.89 Å². The summed E-state index contributed by atoms with van der Waals surface area (Å²) in [6.07, 6.45) is 0. The van der Waals surface area contributed by atoms with E-state index in [4.69, 9.17) is 13.6 Å². The molecule has 0 saturated heterocycles. The molecule has 10 heteroatoms. The number of carbonyl (C=O) groups is 1. The molecule has 0 aliphatic rings. The predicted molar refractivity (Wildman–Crippen MR) is 137 cm³/mol. The number of carbonyl (C=O) groups excluding carboxylic acids is 1. The molecule has 3 aromatic carbocycles. The van der Waals surface area contributed by atoms with Gasteiger partial charge < -0.3 is 18.9 Å². The van der Waals surface area contributed by atoms with Crippen molar-refractivity contribution in [2.24, 2.45) is 0 Å². The van der Waals surface area contributed by atoms with Gasteiger partial charge in [0.05, 0.1) is 23.7 Å². The number of ether oxygens (including phenoxy) is 1. The minimum atomic E-state index is -0.530. The van der Waals surface area contributed by atoms with Crippen LogP contribution in [0.5, 0.6) is 5.75 Å². The number of aromatic nitrogens is 1. The number of methoxy groups -OCH3 is 1. The number of rotatable bonds is 6. The zero-order valence-corrected chi connectivity index (χ0v) is 20.3. The molecule has 0 atom stereocenters. The molecule has 5 rings (SSSR count). The lowest BCUT2D eigenvalue weighted by molar-refractivity contribution is -0.384. The van der Waals surface area contributed by atoms with Gasteiger partial charge in [-0.3, -0.25) is 14.9 Å². The van der Waals surface area contributed by atoms with Crippen molar-refractivity contribution in [1.29, 1.82) is 0 Å². The molecule has 174 valence electrons. The lowest BCUT2D eigenvalue weighted by Crippen LogP contribution is -2.10. The van der Waals surface area contributed by atoms with Gasteiger partial charge in [0.1, 0.15) is 17.0 Å². The van der Waals surface area contributed by atoms with Crippen molar-refractivity contribution >= 4 is 51.0 Å². The average molecular weight is 581 g/mol. The lowest BCUT2D eigenvalue weighted by Gasteiger charge is -2.04. The number of amides is 1. The number of hydrogen-bond acceptors (Lipinski definition) is 7. The Morgan fingerprint density at radius 2 is 1.91 bits per heavy atom. The summed E-state index contributed by atoms with van der Waals surface area (Å²) < 4.78 is 17.6. The van der Waals surface area contributed by atoms with Gasteiger partial charge in [-0.2, -0.15) is 0 Å². The summed E-state index contributed by atoms with van der Waals surface area (Å²) in [6.45, 7) is 0. The number of fused-ring (bicyclic) bond motifs is 1. The fraction of sp³-hybridized carbons (Fsp3) is 0.0400. The van der Waals surface area contributed by atoms with Gasteiger partial charge in [0, 0.05) is 14.8 Å². The maximum Gasteiger partial charge on any atom is 0.291 e. The number of benzene rings is 3. The summed E-state index contributed by atoms with van der Waals surface area (Å²) in [5.41, 5.74) is 2.58. The molecule has 0 aliphatic carbocycles. The predicted octanol–water partition coefficient (Wildman–Crippen LogP) is 6.53. The van der Waals surface area contributed by atoms with Gasteiger partial charge in [-0.15, -0.1) is 0 Å². The van der Waals surface area contributed by atoms with Crippen LogP contribution < -0.4 is 10.1 Å². The maximum absolute atomic E-state index is 12.8. The van der Waals surface area contributed by atoms with E-state index >= 15 is 0 Å². The summed E-state index contributed by atoms with van der Waals surface area (Å²) in [4.78, 5) is 28.3. The first kappa shape index (κ1) is 22.6. The van der Waals surface area contributed by atoms with Crippen LogP contribution in [0.1, 0.15) is 10.6 Å². The summed E-state index contributed by atoms with van der Waals surface area (Å²) in [5.74, 6) is 0.522. The summed E-state index contributed by atoms with van der Waals surface area (Å²) in [7, 11) is 1.42. The van der Waals surface area contributed by atoms with E-state index in [1.165, 1.54) is 31.4 Å². The van der Waals surface area contributed by atoms with E-state index in [0.717, 1.165) is 9.13 Å². The van der Waals surface area contributed by atoms with Crippen LogP contribution in [0.25, 0.3) is 33.9 Å². The maximum atomic E-state index is 12.8. The Balaban J connectivity index is 1.38. The van der Waals surface area contributed by atoms with Crippen molar-refractivity contribution in [3.8, 4) is 28.5 Å². The number of nitrogens with zero attached hydrogens (tertiary/aromatic N) is 2. The van der Waals surface area contributed by atoms with E-state index in [1.54, 1.807) is 24.3 Å². The Labute approximate surface area is 212 Å². The van der Waals surface area contributed by atoms with Crippen molar-refractivity contribution < 1.29 is 23.3 Å². The van der Waals surface area contributed by atoms with Crippen LogP contribution in [0.15, 0.2) is 81.6 Å². The normalized spacial score (nSPS) is 10.9.